The van der Waals surface area contributed by atoms with Crippen molar-refractivity contribution in [3.05, 3.63) is 60.2 Å². The van der Waals surface area contributed by atoms with Crippen LogP contribution in [0, 0.1) is 5.82 Å². The van der Waals surface area contributed by atoms with E-state index in [4.69, 9.17) is 9.47 Å². The zero-order chi connectivity index (χ0) is 19.5. The molecule has 0 atom stereocenters. The SMILES string of the molecule is O=C(CNC(=O)c1ccc2c(c1)OCO2)Nc1ccn(-c2ncccc2F)n1. The normalized spacial score (nSPS) is 11.9. The quantitative estimate of drug-likeness (QED) is 0.692. The molecule has 0 radical (unpaired) electrons. The first-order valence-corrected chi connectivity index (χ1v) is 8.24. The second-order valence-electron chi connectivity index (χ2n) is 5.75. The molecule has 10 heteroatoms. The second-order valence-corrected chi connectivity index (χ2v) is 5.75. The molecule has 0 unspecified atom stereocenters. The number of nitrogens with zero attached hydrogens (tertiary/aromatic N) is 3. The van der Waals surface area contributed by atoms with Gasteiger partial charge in [-0.15, -0.1) is 5.10 Å². The van der Waals surface area contributed by atoms with Gasteiger partial charge in [0.1, 0.15) is 0 Å². The standard InChI is InChI=1S/C18H14FN5O4/c19-12-2-1-6-20-17(12)24-7-5-15(23-24)22-16(25)9-21-18(26)11-3-4-13-14(8-11)28-10-27-13/h1-8H,9-10H2,(H,21,26)(H,22,23,25). The van der Waals surface area contributed by atoms with E-state index in [1.54, 1.807) is 18.2 Å². The van der Waals surface area contributed by atoms with Crippen LogP contribution in [-0.2, 0) is 4.79 Å². The molecule has 0 fully saturated rings. The van der Waals surface area contributed by atoms with Crippen molar-refractivity contribution in [3.8, 4) is 17.3 Å². The number of anilines is 1. The second kappa shape index (κ2) is 7.35. The lowest BCUT2D eigenvalue weighted by Crippen LogP contribution is -2.32. The van der Waals surface area contributed by atoms with E-state index in [1.807, 2.05) is 0 Å². The maximum Gasteiger partial charge on any atom is 0.251 e. The van der Waals surface area contributed by atoms with Crippen molar-refractivity contribution in [1.82, 2.24) is 20.1 Å². The van der Waals surface area contributed by atoms with Crippen LogP contribution in [0.25, 0.3) is 5.82 Å². The largest absolute Gasteiger partial charge is 0.454 e. The first kappa shape index (κ1) is 17.5. The van der Waals surface area contributed by atoms with E-state index in [1.165, 1.54) is 35.3 Å². The minimum Gasteiger partial charge on any atom is -0.454 e. The predicted octanol–water partition coefficient (Wildman–Crippen LogP) is 1.50. The summed E-state index contributed by atoms with van der Waals surface area (Å²) in [6.07, 6.45) is 2.90. The maximum atomic E-state index is 13.7. The van der Waals surface area contributed by atoms with E-state index in [0.29, 0.717) is 17.1 Å². The Labute approximate surface area is 158 Å². The molecule has 2 N–H and O–H groups in total. The molecular formula is C18H14FN5O4. The molecular weight excluding hydrogens is 369 g/mol. The zero-order valence-corrected chi connectivity index (χ0v) is 14.4. The highest BCUT2D eigenvalue weighted by Crippen LogP contribution is 2.32. The summed E-state index contributed by atoms with van der Waals surface area (Å²) in [4.78, 5) is 28.1. The average Bonchev–Trinajstić information content (AvgIpc) is 3.35. The summed E-state index contributed by atoms with van der Waals surface area (Å²) in [6, 6.07) is 8.95. The minimum absolute atomic E-state index is 0.0131. The summed E-state index contributed by atoms with van der Waals surface area (Å²) < 4.78 is 25.3. The summed E-state index contributed by atoms with van der Waals surface area (Å²) in [5.41, 5.74) is 0.340. The molecule has 28 heavy (non-hydrogen) atoms. The van der Waals surface area contributed by atoms with Gasteiger partial charge in [-0.1, -0.05) is 0 Å². The molecule has 0 saturated heterocycles. The Morgan fingerprint density at radius 3 is 2.89 bits per heavy atom. The van der Waals surface area contributed by atoms with Crippen LogP contribution in [0.5, 0.6) is 11.5 Å². The van der Waals surface area contributed by atoms with Crippen LogP contribution >= 0.6 is 0 Å². The van der Waals surface area contributed by atoms with E-state index in [-0.39, 0.29) is 25.0 Å². The fourth-order valence-corrected chi connectivity index (χ4v) is 2.54. The number of fused-ring (bicyclic) bond motifs is 1. The highest BCUT2D eigenvalue weighted by molar-refractivity contribution is 5.99. The van der Waals surface area contributed by atoms with Crippen molar-refractivity contribution in [2.75, 3.05) is 18.7 Å². The van der Waals surface area contributed by atoms with Crippen molar-refractivity contribution >= 4 is 17.6 Å². The van der Waals surface area contributed by atoms with Gasteiger partial charge < -0.3 is 20.1 Å². The number of carbonyl (C=O) groups excluding carboxylic acids is 2. The molecule has 3 aromatic rings. The molecule has 0 spiro atoms. The van der Waals surface area contributed by atoms with Gasteiger partial charge in [-0.25, -0.2) is 14.1 Å². The summed E-state index contributed by atoms with van der Waals surface area (Å²) in [7, 11) is 0. The Balaban J connectivity index is 1.34. The lowest BCUT2D eigenvalue weighted by atomic mass is 10.2. The molecule has 0 saturated carbocycles. The van der Waals surface area contributed by atoms with Gasteiger partial charge in [-0.2, -0.15) is 0 Å². The first-order chi connectivity index (χ1) is 13.6. The van der Waals surface area contributed by atoms with E-state index in [9.17, 15) is 14.0 Å². The molecule has 1 aromatic carbocycles. The lowest BCUT2D eigenvalue weighted by Gasteiger charge is -2.06. The Hall–Kier alpha value is -3.95. The van der Waals surface area contributed by atoms with Crippen LogP contribution in [0.2, 0.25) is 0 Å². The van der Waals surface area contributed by atoms with Gasteiger partial charge in [0.05, 0.1) is 6.54 Å². The molecule has 4 rings (SSSR count). The van der Waals surface area contributed by atoms with Gasteiger partial charge in [0.2, 0.25) is 12.7 Å². The summed E-state index contributed by atoms with van der Waals surface area (Å²) in [5.74, 6) is -0.208. The number of halogens is 1. The molecule has 1 aliphatic heterocycles. The monoisotopic (exact) mass is 383 g/mol. The molecule has 2 amide bonds. The maximum absolute atomic E-state index is 13.7. The van der Waals surface area contributed by atoms with Crippen molar-refractivity contribution in [1.29, 1.82) is 0 Å². The van der Waals surface area contributed by atoms with Crippen molar-refractivity contribution in [3.63, 3.8) is 0 Å². The van der Waals surface area contributed by atoms with Gasteiger partial charge >= 0.3 is 0 Å². The molecule has 0 aliphatic carbocycles. The number of nitrogens with one attached hydrogen (secondary N) is 2. The number of pyridine rings is 1. The van der Waals surface area contributed by atoms with Crippen molar-refractivity contribution < 1.29 is 23.5 Å². The summed E-state index contributed by atoms with van der Waals surface area (Å²) >= 11 is 0. The average molecular weight is 383 g/mol. The topological polar surface area (TPSA) is 107 Å². The van der Waals surface area contributed by atoms with Gasteiger partial charge in [-0.05, 0) is 30.3 Å². The highest BCUT2D eigenvalue weighted by atomic mass is 19.1. The smallest absolute Gasteiger partial charge is 0.251 e. The summed E-state index contributed by atoms with van der Waals surface area (Å²) in [5, 5.41) is 9.07. The van der Waals surface area contributed by atoms with E-state index < -0.39 is 17.6 Å². The minimum atomic E-state index is -0.542. The van der Waals surface area contributed by atoms with Crippen LogP contribution < -0.4 is 20.1 Å². The van der Waals surface area contributed by atoms with Gasteiger partial charge in [0.15, 0.2) is 29.0 Å². The Morgan fingerprint density at radius 1 is 1.18 bits per heavy atom. The van der Waals surface area contributed by atoms with E-state index in [0.717, 1.165) is 0 Å². The number of hydrogen-bond donors (Lipinski definition) is 2. The van der Waals surface area contributed by atoms with Gasteiger partial charge in [-0.3, -0.25) is 9.59 Å². The molecule has 2 aromatic heterocycles. The third-order valence-corrected chi connectivity index (χ3v) is 3.86. The Kier molecular flexibility index (Phi) is 4.58. The van der Waals surface area contributed by atoms with Crippen LogP contribution in [0.15, 0.2) is 48.8 Å². The Morgan fingerprint density at radius 2 is 2.04 bits per heavy atom. The molecule has 9 nitrogen and oxygen atoms in total. The van der Waals surface area contributed by atoms with E-state index >= 15 is 0 Å². The van der Waals surface area contributed by atoms with Crippen LogP contribution in [0.3, 0.4) is 0 Å². The van der Waals surface area contributed by atoms with Gasteiger partial charge in [0.25, 0.3) is 5.91 Å². The molecule has 3 heterocycles. The van der Waals surface area contributed by atoms with Crippen molar-refractivity contribution in [2.24, 2.45) is 0 Å². The third kappa shape index (κ3) is 3.61. The van der Waals surface area contributed by atoms with E-state index in [2.05, 4.69) is 20.7 Å². The van der Waals surface area contributed by atoms with Crippen molar-refractivity contribution in [2.45, 2.75) is 0 Å². The van der Waals surface area contributed by atoms with Crippen LogP contribution in [0.4, 0.5) is 10.2 Å². The number of ether oxygens (including phenoxy) is 2. The van der Waals surface area contributed by atoms with Gasteiger partial charge in [0, 0.05) is 24.0 Å². The third-order valence-electron chi connectivity index (χ3n) is 3.86. The molecule has 0 bridgehead atoms. The highest BCUT2D eigenvalue weighted by Gasteiger charge is 2.17. The fourth-order valence-electron chi connectivity index (χ4n) is 2.54. The fraction of sp³-hybridized carbons (Fsp3) is 0.111. The number of hydrogen-bond acceptors (Lipinski definition) is 6. The first-order valence-electron chi connectivity index (χ1n) is 8.24. The zero-order valence-electron chi connectivity index (χ0n) is 14.4. The number of carbonyl (C=O) groups is 2. The van der Waals surface area contributed by atoms with Crippen LogP contribution in [-0.4, -0.2) is 39.9 Å². The molecule has 1 aliphatic rings. The number of benzene rings is 1. The lowest BCUT2D eigenvalue weighted by molar-refractivity contribution is -0.115. The Bertz CT molecular complexity index is 1050. The number of aromatic nitrogens is 3. The summed E-state index contributed by atoms with van der Waals surface area (Å²) in [6.45, 7) is -0.157. The predicted molar refractivity (Wildman–Crippen MR) is 94.8 cm³/mol. The van der Waals surface area contributed by atoms with Crippen LogP contribution in [0.1, 0.15) is 10.4 Å². The number of rotatable bonds is 5. The molecule has 142 valence electrons. The number of amides is 2.